The summed E-state index contributed by atoms with van der Waals surface area (Å²) in [6.45, 7) is 5.51. The van der Waals surface area contributed by atoms with Crippen molar-refractivity contribution in [2.24, 2.45) is 5.92 Å². The van der Waals surface area contributed by atoms with Gasteiger partial charge >= 0.3 is 0 Å². The van der Waals surface area contributed by atoms with Crippen LogP contribution in [0.15, 0.2) is 0 Å². The minimum Gasteiger partial charge on any atom is -0.381 e. The molecule has 1 atom stereocenters. The summed E-state index contributed by atoms with van der Waals surface area (Å²) in [7, 11) is 1.69. The molecule has 18 heavy (non-hydrogen) atoms. The summed E-state index contributed by atoms with van der Waals surface area (Å²) in [5.41, 5.74) is 0. The monoisotopic (exact) mass is 255 g/mol. The number of amides is 1. The van der Waals surface area contributed by atoms with Crippen molar-refractivity contribution < 1.29 is 9.53 Å². The van der Waals surface area contributed by atoms with E-state index in [1.54, 1.807) is 7.05 Å². The van der Waals surface area contributed by atoms with E-state index >= 15 is 0 Å². The number of hydrogen-bond donors (Lipinski definition) is 2. The van der Waals surface area contributed by atoms with E-state index < -0.39 is 0 Å². The molecule has 0 bridgehead atoms. The van der Waals surface area contributed by atoms with E-state index in [0.717, 1.165) is 45.7 Å². The molecule has 0 aliphatic carbocycles. The Morgan fingerprint density at radius 2 is 2.11 bits per heavy atom. The van der Waals surface area contributed by atoms with Crippen LogP contribution in [-0.2, 0) is 9.53 Å². The van der Waals surface area contributed by atoms with Gasteiger partial charge in [0.1, 0.15) is 0 Å². The lowest BCUT2D eigenvalue weighted by molar-refractivity contribution is -0.122. The van der Waals surface area contributed by atoms with E-state index in [0.29, 0.717) is 18.5 Å². The molecule has 2 N–H and O–H groups in total. The van der Waals surface area contributed by atoms with Crippen LogP contribution in [0, 0.1) is 5.92 Å². The number of nitrogens with one attached hydrogen (secondary N) is 2. The van der Waals surface area contributed by atoms with Gasteiger partial charge in [-0.05, 0) is 25.2 Å². The van der Waals surface area contributed by atoms with Crippen LogP contribution < -0.4 is 10.6 Å². The van der Waals surface area contributed by atoms with Crippen LogP contribution in [0.4, 0.5) is 0 Å². The summed E-state index contributed by atoms with van der Waals surface area (Å²) in [5, 5.41) is 6.32. The van der Waals surface area contributed by atoms with Gasteiger partial charge in [-0.1, -0.05) is 0 Å². The van der Waals surface area contributed by atoms with E-state index in [4.69, 9.17) is 4.74 Å². The Bertz CT molecular complexity index is 259. The maximum atomic E-state index is 11.3. The first kappa shape index (κ1) is 13.8. The molecule has 5 heteroatoms. The van der Waals surface area contributed by atoms with E-state index in [9.17, 15) is 4.79 Å². The zero-order valence-corrected chi connectivity index (χ0v) is 11.3. The molecule has 0 saturated carbocycles. The molecule has 2 saturated heterocycles. The second-order valence-electron chi connectivity index (χ2n) is 5.36. The zero-order valence-electron chi connectivity index (χ0n) is 11.3. The third-order valence-corrected chi connectivity index (χ3v) is 3.95. The highest BCUT2D eigenvalue weighted by atomic mass is 16.5. The Hall–Kier alpha value is -0.650. The van der Waals surface area contributed by atoms with Gasteiger partial charge in [-0.3, -0.25) is 9.69 Å². The van der Waals surface area contributed by atoms with Gasteiger partial charge in [-0.25, -0.2) is 0 Å². The molecule has 0 aromatic carbocycles. The molecule has 0 aromatic heterocycles. The smallest absolute Gasteiger partial charge is 0.233 e. The average molecular weight is 255 g/mol. The highest BCUT2D eigenvalue weighted by Crippen LogP contribution is 2.14. The molecular weight excluding hydrogens is 230 g/mol. The largest absolute Gasteiger partial charge is 0.381 e. The predicted molar refractivity (Wildman–Crippen MR) is 70.5 cm³/mol. The number of carbonyl (C=O) groups is 1. The van der Waals surface area contributed by atoms with Crippen molar-refractivity contribution in [1.29, 1.82) is 0 Å². The van der Waals surface area contributed by atoms with Crippen molar-refractivity contribution in [3.05, 3.63) is 0 Å². The quantitative estimate of drug-likeness (QED) is 0.716. The van der Waals surface area contributed by atoms with Gasteiger partial charge in [0.2, 0.25) is 5.91 Å². The Labute approximate surface area is 109 Å². The number of carbonyl (C=O) groups excluding carboxylic acids is 1. The van der Waals surface area contributed by atoms with Gasteiger partial charge in [0, 0.05) is 39.3 Å². The fraction of sp³-hybridized carbons (Fsp3) is 0.923. The van der Waals surface area contributed by atoms with Crippen LogP contribution in [0.5, 0.6) is 0 Å². The summed E-state index contributed by atoms with van der Waals surface area (Å²) in [4.78, 5) is 13.5. The van der Waals surface area contributed by atoms with E-state index in [2.05, 4.69) is 15.5 Å². The average Bonchev–Trinajstić information content (AvgIpc) is 2.91. The lowest BCUT2D eigenvalue weighted by atomic mass is 10.0. The Balaban J connectivity index is 1.59. The lowest BCUT2D eigenvalue weighted by Gasteiger charge is -2.32. The molecule has 0 radical (unpaired) electrons. The SMILES string of the molecule is CNC(=O)CN1CCC(NCC2CCOC2)CC1. The maximum Gasteiger partial charge on any atom is 0.233 e. The first-order chi connectivity index (χ1) is 8.78. The number of ether oxygens (including phenoxy) is 1. The van der Waals surface area contributed by atoms with Gasteiger partial charge < -0.3 is 15.4 Å². The number of likely N-dealkylation sites (tertiary alicyclic amines) is 1. The Morgan fingerprint density at radius 3 is 2.72 bits per heavy atom. The van der Waals surface area contributed by atoms with Gasteiger partial charge in [0.05, 0.1) is 13.2 Å². The molecule has 2 heterocycles. The molecule has 0 spiro atoms. The van der Waals surface area contributed by atoms with Gasteiger partial charge in [0.25, 0.3) is 0 Å². The summed E-state index contributed by atoms with van der Waals surface area (Å²) in [6, 6.07) is 0.617. The fourth-order valence-electron chi connectivity index (χ4n) is 2.66. The molecule has 0 aromatic rings. The summed E-state index contributed by atoms with van der Waals surface area (Å²) in [6.07, 6.45) is 3.48. The van der Waals surface area contributed by atoms with Crippen molar-refractivity contribution in [2.45, 2.75) is 25.3 Å². The lowest BCUT2D eigenvalue weighted by Crippen LogP contribution is -2.46. The van der Waals surface area contributed by atoms with Gasteiger partial charge in [0.15, 0.2) is 0 Å². The highest BCUT2D eigenvalue weighted by Gasteiger charge is 2.22. The standard InChI is InChI=1S/C13H25N3O2/c1-14-13(17)9-16-5-2-12(3-6-16)15-8-11-4-7-18-10-11/h11-12,15H,2-10H2,1H3,(H,14,17). The maximum absolute atomic E-state index is 11.3. The Kier molecular flexibility index (Phi) is 5.41. The van der Waals surface area contributed by atoms with E-state index in [-0.39, 0.29) is 5.91 Å². The highest BCUT2D eigenvalue weighted by molar-refractivity contribution is 5.77. The zero-order chi connectivity index (χ0) is 12.8. The van der Waals surface area contributed by atoms with Crippen LogP contribution >= 0.6 is 0 Å². The van der Waals surface area contributed by atoms with Crippen molar-refractivity contribution in [3.63, 3.8) is 0 Å². The fourth-order valence-corrected chi connectivity index (χ4v) is 2.66. The number of rotatable bonds is 5. The molecule has 1 amide bonds. The molecule has 2 aliphatic rings. The molecule has 2 fully saturated rings. The van der Waals surface area contributed by atoms with Crippen LogP contribution in [0.2, 0.25) is 0 Å². The van der Waals surface area contributed by atoms with Crippen molar-refractivity contribution in [2.75, 3.05) is 46.4 Å². The molecule has 1 unspecified atom stereocenters. The molecule has 2 aliphatic heterocycles. The van der Waals surface area contributed by atoms with Crippen LogP contribution in [0.1, 0.15) is 19.3 Å². The molecule has 5 nitrogen and oxygen atoms in total. The topological polar surface area (TPSA) is 53.6 Å². The minimum atomic E-state index is 0.115. The van der Waals surface area contributed by atoms with Crippen molar-refractivity contribution >= 4 is 5.91 Å². The van der Waals surface area contributed by atoms with Crippen LogP contribution in [-0.4, -0.2) is 63.3 Å². The van der Waals surface area contributed by atoms with Crippen molar-refractivity contribution in [3.8, 4) is 0 Å². The summed E-state index contributed by atoms with van der Waals surface area (Å²) in [5.74, 6) is 0.818. The summed E-state index contributed by atoms with van der Waals surface area (Å²) < 4.78 is 5.38. The molecular formula is C13H25N3O2. The van der Waals surface area contributed by atoms with Crippen molar-refractivity contribution in [1.82, 2.24) is 15.5 Å². The second kappa shape index (κ2) is 7.07. The number of hydrogen-bond acceptors (Lipinski definition) is 4. The Morgan fingerprint density at radius 1 is 1.33 bits per heavy atom. The molecule has 104 valence electrons. The second-order valence-corrected chi connectivity index (χ2v) is 5.36. The predicted octanol–water partition coefficient (Wildman–Crippen LogP) is -0.177. The first-order valence-electron chi connectivity index (χ1n) is 7.02. The van der Waals surface area contributed by atoms with Crippen LogP contribution in [0.3, 0.4) is 0 Å². The number of nitrogens with zero attached hydrogens (tertiary/aromatic N) is 1. The van der Waals surface area contributed by atoms with E-state index in [1.807, 2.05) is 0 Å². The third kappa shape index (κ3) is 4.23. The summed E-state index contributed by atoms with van der Waals surface area (Å²) >= 11 is 0. The van der Waals surface area contributed by atoms with Crippen LogP contribution in [0.25, 0.3) is 0 Å². The number of piperidine rings is 1. The first-order valence-corrected chi connectivity index (χ1v) is 7.02. The normalized spacial score (nSPS) is 26.4. The van der Waals surface area contributed by atoms with Gasteiger partial charge in [-0.15, -0.1) is 0 Å². The minimum absolute atomic E-state index is 0.115. The van der Waals surface area contributed by atoms with Gasteiger partial charge in [-0.2, -0.15) is 0 Å². The third-order valence-electron chi connectivity index (χ3n) is 3.95. The number of likely N-dealkylation sites (N-methyl/N-ethyl adjacent to an activating group) is 1. The molecule has 2 rings (SSSR count). The van der Waals surface area contributed by atoms with E-state index in [1.165, 1.54) is 6.42 Å².